The number of aromatic nitrogens is 1. The second-order valence-electron chi connectivity index (χ2n) is 5.15. The minimum absolute atomic E-state index is 0.158. The van der Waals surface area contributed by atoms with Crippen molar-refractivity contribution in [3.63, 3.8) is 0 Å². The van der Waals surface area contributed by atoms with Gasteiger partial charge in [0.05, 0.1) is 0 Å². The van der Waals surface area contributed by atoms with Gasteiger partial charge >= 0.3 is 0 Å². The fourth-order valence-corrected chi connectivity index (χ4v) is 2.32. The van der Waals surface area contributed by atoms with Crippen molar-refractivity contribution in [2.45, 2.75) is 32.3 Å². The van der Waals surface area contributed by atoms with E-state index in [-0.39, 0.29) is 11.4 Å². The van der Waals surface area contributed by atoms with Crippen LogP contribution in [0.3, 0.4) is 0 Å². The van der Waals surface area contributed by atoms with E-state index in [1.54, 1.807) is 12.3 Å². The van der Waals surface area contributed by atoms with Crippen molar-refractivity contribution in [2.75, 3.05) is 0 Å². The summed E-state index contributed by atoms with van der Waals surface area (Å²) in [4.78, 5) is 4.34. The summed E-state index contributed by atoms with van der Waals surface area (Å²) in [6, 6.07) is 5.49. The van der Waals surface area contributed by atoms with Crippen LogP contribution in [0, 0.1) is 0 Å². The zero-order chi connectivity index (χ0) is 12.0. The zero-order valence-electron chi connectivity index (χ0n) is 10.0. The number of phenols is 1. The summed E-state index contributed by atoms with van der Waals surface area (Å²) in [5, 5.41) is 10.7. The molecule has 17 heavy (non-hydrogen) atoms. The quantitative estimate of drug-likeness (QED) is 0.755. The normalized spacial score (nSPS) is 17.5. The molecule has 0 bridgehead atoms. The number of pyridine rings is 1. The molecule has 0 saturated carbocycles. The van der Waals surface area contributed by atoms with E-state index in [0.717, 1.165) is 35.1 Å². The van der Waals surface area contributed by atoms with E-state index in [1.807, 2.05) is 12.1 Å². The summed E-state index contributed by atoms with van der Waals surface area (Å²) in [5.74, 6) is 1.12. The summed E-state index contributed by atoms with van der Waals surface area (Å²) in [6.45, 7) is 4.16. The summed E-state index contributed by atoms with van der Waals surface area (Å²) >= 11 is 0. The highest BCUT2D eigenvalue weighted by molar-refractivity contribution is 5.91. The van der Waals surface area contributed by atoms with Crippen LogP contribution in [-0.4, -0.2) is 15.7 Å². The van der Waals surface area contributed by atoms with Crippen molar-refractivity contribution in [3.05, 3.63) is 30.0 Å². The van der Waals surface area contributed by atoms with Crippen LogP contribution in [0.2, 0.25) is 0 Å². The number of hydrogen-bond acceptors (Lipinski definition) is 3. The van der Waals surface area contributed by atoms with Crippen molar-refractivity contribution in [3.8, 4) is 11.5 Å². The zero-order valence-corrected chi connectivity index (χ0v) is 10.0. The molecule has 3 heteroatoms. The Bertz CT molecular complexity index is 590. The lowest BCUT2D eigenvalue weighted by atomic mass is 9.93. The maximum Gasteiger partial charge on any atom is 0.149 e. The molecule has 1 aromatic carbocycles. The second-order valence-corrected chi connectivity index (χ2v) is 5.15. The predicted molar refractivity (Wildman–Crippen MR) is 66.4 cm³/mol. The van der Waals surface area contributed by atoms with Gasteiger partial charge in [0.15, 0.2) is 0 Å². The van der Waals surface area contributed by atoms with Crippen LogP contribution in [0.15, 0.2) is 24.4 Å². The lowest BCUT2D eigenvalue weighted by Crippen LogP contribution is -2.32. The number of aryl methyl sites for hydroxylation is 1. The number of ether oxygens (including phenoxy) is 1. The van der Waals surface area contributed by atoms with E-state index in [1.165, 1.54) is 0 Å². The van der Waals surface area contributed by atoms with Gasteiger partial charge in [-0.25, -0.2) is 0 Å². The third-order valence-electron chi connectivity index (χ3n) is 3.28. The minimum atomic E-state index is -0.158. The lowest BCUT2D eigenvalue weighted by molar-refractivity contribution is 0.0864. The first kappa shape index (κ1) is 10.4. The first-order valence-corrected chi connectivity index (χ1v) is 5.85. The van der Waals surface area contributed by atoms with E-state index in [4.69, 9.17) is 4.74 Å². The molecule has 2 heterocycles. The predicted octanol–water partition coefficient (Wildman–Crippen LogP) is 3.04. The molecule has 0 saturated heterocycles. The molecule has 1 aliphatic heterocycles. The second kappa shape index (κ2) is 3.36. The summed E-state index contributed by atoms with van der Waals surface area (Å²) in [7, 11) is 0. The van der Waals surface area contributed by atoms with Crippen LogP contribution in [0.5, 0.6) is 11.5 Å². The van der Waals surface area contributed by atoms with Gasteiger partial charge in [0.1, 0.15) is 22.6 Å². The van der Waals surface area contributed by atoms with Crippen LogP contribution in [0.1, 0.15) is 25.8 Å². The molecule has 88 valence electrons. The average Bonchev–Trinajstić information content (AvgIpc) is 2.30. The van der Waals surface area contributed by atoms with Gasteiger partial charge in [-0.2, -0.15) is 0 Å². The van der Waals surface area contributed by atoms with E-state index in [0.29, 0.717) is 0 Å². The number of aromatic hydroxyl groups is 1. The summed E-state index contributed by atoms with van der Waals surface area (Å²) in [5.41, 5.74) is 1.65. The molecule has 2 aromatic rings. The standard InChI is InChI=1S/C14H15NO2/c1-14(2)6-5-9-8-11(16)10-4-3-7-15-12(10)13(9)17-14/h3-4,7-8,16H,5-6H2,1-2H3. The van der Waals surface area contributed by atoms with Crippen LogP contribution in [0.25, 0.3) is 10.9 Å². The Morgan fingerprint density at radius 1 is 1.41 bits per heavy atom. The maximum absolute atomic E-state index is 9.96. The molecule has 0 atom stereocenters. The SMILES string of the molecule is CC1(C)CCc2cc(O)c3cccnc3c2O1. The minimum Gasteiger partial charge on any atom is -0.507 e. The number of fused-ring (bicyclic) bond motifs is 3. The highest BCUT2D eigenvalue weighted by Gasteiger charge is 2.29. The fourth-order valence-electron chi connectivity index (χ4n) is 2.32. The van der Waals surface area contributed by atoms with E-state index >= 15 is 0 Å². The van der Waals surface area contributed by atoms with Crippen LogP contribution in [0.4, 0.5) is 0 Å². The summed E-state index contributed by atoms with van der Waals surface area (Å²) in [6.07, 6.45) is 3.60. The highest BCUT2D eigenvalue weighted by atomic mass is 16.5. The molecule has 1 aromatic heterocycles. The molecule has 1 N–H and O–H groups in total. The Morgan fingerprint density at radius 3 is 3.06 bits per heavy atom. The topological polar surface area (TPSA) is 42.4 Å². The van der Waals surface area contributed by atoms with Gasteiger partial charge < -0.3 is 9.84 Å². The first-order valence-electron chi connectivity index (χ1n) is 5.85. The smallest absolute Gasteiger partial charge is 0.149 e. The van der Waals surface area contributed by atoms with Crippen LogP contribution in [-0.2, 0) is 6.42 Å². The van der Waals surface area contributed by atoms with Gasteiger partial charge in [0.2, 0.25) is 0 Å². The van der Waals surface area contributed by atoms with Crippen molar-refractivity contribution in [2.24, 2.45) is 0 Å². The maximum atomic E-state index is 9.96. The van der Waals surface area contributed by atoms with Crippen molar-refractivity contribution >= 4 is 10.9 Å². The van der Waals surface area contributed by atoms with Crippen LogP contribution < -0.4 is 4.74 Å². The highest BCUT2D eigenvalue weighted by Crippen LogP contribution is 2.41. The third-order valence-corrected chi connectivity index (χ3v) is 3.28. The monoisotopic (exact) mass is 229 g/mol. The van der Waals surface area contributed by atoms with Crippen molar-refractivity contribution < 1.29 is 9.84 Å². The average molecular weight is 229 g/mol. The molecular weight excluding hydrogens is 214 g/mol. The number of phenolic OH excluding ortho intramolecular Hbond substituents is 1. The van der Waals surface area contributed by atoms with Gasteiger partial charge in [-0.3, -0.25) is 4.98 Å². The molecule has 0 radical (unpaired) electrons. The van der Waals surface area contributed by atoms with Gasteiger partial charge in [-0.05, 0) is 44.9 Å². The molecule has 0 aliphatic carbocycles. The van der Waals surface area contributed by atoms with Gasteiger partial charge in [-0.15, -0.1) is 0 Å². The van der Waals surface area contributed by atoms with E-state index in [9.17, 15) is 5.11 Å². The fraction of sp³-hybridized carbons (Fsp3) is 0.357. The Morgan fingerprint density at radius 2 is 2.24 bits per heavy atom. The Labute approximate surface area is 100 Å². The van der Waals surface area contributed by atoms with E-state index in [2.05, 4.69) is 18.8 Å². The molecule has 3 rings (SSSR count). The third kappa shape index (κ3) is 1.62. The molecule has 3 nitrogen and oxygen atoms in total. The Hall–Kier alpha value is -1.77. The van der Waals surface area contributed by atoms with E-state index < -0.39 is 0 Å². The number of rotatable bonds is 0. The largest absolute Gasteiger partial charge is 0.507 e. The van der Waals surface area contributed by atoms with Gasteiger partial charge in [-0.1, -0.05) is 0 Å². The number of hydrogen-bond donors (Lipinski definition) is 1. The number of benzene rings is 1. The molecule has 0 unspecified atom stereocenters. The molecule has 0 fully saturated rings. The molecule has 0 amide bonds. The Balaban J connectivity index is 2.30. The summed E-state index contributed by atoms with van der Waals surface area (Å²) < 4.78 is 6.01. The van der Waals surface area contributed by atoms with Crippen molar-refractivity contribution in [1.29, 1.82) is 0 Å². The number of nitrogens with zero attached hydrogens (tertiary/aromatic N) is 1. The molecule has 0 spiro atoms. The van der Waals surface area contributed by atoms with Crippen molar-refractivity contribution in [1.82, 2.24) is 4.98 Å². The first-order chi connectivity index (χ1) is 8.07. The van der Waals surface area contributed by atoms with Crippen LogP contribution >= 0.6 is 0 Å². The van der Waals surface area contributed by atoms with Gasteiger partial charge in [0, 0.05) is 17.1 Å². The molecular formula is C14H15NO2. The molecule has 1 aliphatic rings. The van der Waals surface area contributed by atoms with Gasteiger partial charge in [0.25, 0.3) is 0 Å². The lowest BCUT2D eigenvalue weighted by Gasteiger charge is -2.33. The Kier molecular flexibility index (Phi) is 2.05.